The summed E-state index contributed by atoms with van der Waals surface area (Å²) in [6, 6.07) is 26.0. The summed E-state index contributed by atoms with van der Waals surface area (Å²) in [5.74, 6) is 8.14. The molecule has 4 heteroatoms. The zero-order valence-electron chi connectivity index (χ0n) is 20.1. The predicted molar refractivity (Wildman–Crippen MR) is 136 cm³/mol. The summed E-state index contributed by atoms with van der Waals surface area (Å²) in [5.41, 5.74) is 1.99. The number of rotatable bonds is 6. The molecule has 0 bridgehead atoms. The van der Waals surface area contributed by atoms with Crippen molar-refractivity contribution in [1.82, 2.24) is 5.32 Å². The fourth-order valence-electron chi connectivity index (χ4n) is 4.88. The molecule has 1 saturated heterocycles. The van der Waals surface area contributed by atoms with Crippen LogP contribution in [0.5, 0.6) is 11.5 Å². The van der Waals surface area contributed by atoms with Crippen molar-refractivity contribution in [2.24, 2.45) is 5.92 Å². The number of hydrogen-bond acceptors (Lipinski definition) is 4. The van der Waals surface area contributed by atoms with Crippen LogP contribution in [0.3, 0.4) is 0 Å². The largest absolute Gasteiger partial charge is 0.497 e. The zero-order valence-corrected chi connectivity index (χ0v) is 20.1. The molecule has 3 aromatic carbocycles. The quantitative estimate of drug-likeness (QED) is 0.470. The lowest BCUT2D eigenvalue weighted by atomic mass is 9.69. The molecule has 0 saturated carbocycles. The highest BCUT2D eigenvalue weighted by Gasteiger charge is 2.47. The van der Waals surface area contributed by atoms with Gasteiger partial charge in [0.25, 0.3) is 0 Å². The average Bonchev–Trinajstić information content (AvgIpc) is 2.89. The minimum atomic E-state index is -1.15. The van der Waals surface area contributed by atoms with E-state index in [1.165, 1.54) is 0 Å². The van der Waals surface area contributed by atoms with Crippen molar-refractivity contribution < 1.29 is 14.6 Å². The number of aliphatic hydroxyl groups is 1. The first-order valence-corrected chi connectivity index (χ1v) is 11.9. The molecule has 4 rings (SSSR count). The Morgan fingerprint density at radius 2 is 1.47 bits per heavy atom. The minimum absolute atomic E-state index is 0.0539. The average molecular weight is 456 g/mol. The summed E-state index contributed by atoms with van der Waals surface area (Å²) in [6.45, 7) is 2.16. The molecule has 0 aliphatic carbocycles. The van der Waals surface area contributed by atoms with Gasteiger partial charge in [0.05, 0.1) is 14.2 Å². The highest BCUT2D eigenvalue weighted by Crippen LogP contribution is 2.45. The van der Waals surface area contributed by atoms with Gasteiger partial charge in [-0.05, 0) is 53.9 Å². The van der Waals surface area contributed by atoms with Crippen LogP contribution in [0.25, 0.3) is 0 Å². The Labute approximate surface area is 202 Å². The maximum Gasteiger partial charge on any atom is 0.132 e. The normalized spacial score (nSPS) is 24.1. The molecule has 1 aliphatic heterocycles. The van der Waals surface area contributed by atoms with Crippen molar-refractivity contribution in [2.75, 3.05) is 14.2 Å². The second-order valence-corrected chi connectivity index (χ2v) is 8.88. The van der Waals surface area contributed by atoms with Crippen LogP contribution in [0.1, 0.15) is 55.0 Å². The number of nitrogens with one attached hydrogen (secondary N) is 1. The third-order valence-corrected chi connectivity index (χ3v) is 6.70. The third kappa shape index (κ3) is 5.28. The Kier molecular flexibility index (Phi) is 7.57. The van der Waals surface area contributed by atoms with Gasteiger partial charge in [-0.2, -0.15) is 0 Å². The number of piperidine rings is 1. The van der Waals surface area contributed by atoms with E-state index in [1.54, 1.807) is 14.2 Å². The highest BCUT2D eigenvalue weighted by atomic mass is 16.5. The maximum absolute atomic E-state index is 12.1. The molecular formula is C30H33NO3. The van der Waals surface area contributed by atoms with Crippen LogP contribution in [0.4, 0.5) is 0 Å². The van der Waals surface area contributed by atoms with E-state index in [0.717, 1.165) is 41.0 Å². The fraction of sp³-hybridized carbons (Fsp3) is 0.333. The van der Waals surface area contributed by atoms with Gasteiger partial charge in [0.2, 0.25) is 0 Å². The predicted octanol–water partition coefficient (Wildman–Crippen LogP) is 5.68. The first kappa shape index (κ1) is 23.9. The zero-order chi connectivity index (χ0) is 24.0. The maximum atomic E-state index is 12.1. The van der Waals surface area contributed by atoms with Gasteiger partial charge >= 0.3 is 0 Å². The lowest BCUT2D eigenvalue weighted by molar-refractivity contribution is -0.0318. The molecule has 176 valence electrons. The fourth-order valence-corrected chi connectivity index (χ4v) is 4.88. The van der Waals surface area contributed by atoms with Gasteiger partial charge in [-0.15, -0.1) is 0 Å². The molecule has 4 atom stereocenters. The van der Waals surface area contributed by atoms with Crippen LogP contribution in [0.2, 0.25) is 0 Å². The standard InChI is InChI=1S/C30H33NO3/c1-4-8-27-29(24-13-17-26(34-3)18-14-24)31-28(23-11-15-25(33-2)16-12-23)21-30(27,32)20-19-22-9-6-5-7-10-22/h5-7,9-18,27-29,31-32H,4,8,21H2,1-3H3/t27-,28+,29+,30-/m1/s1. The van der Waals surface area contributed by atoms with Crippen molar-refractivity contribution in [1.29, 1.82) is 0 Å². The van der Waals surface area contributed by atoms with Gasteiger partial charge in [0.1, 0.15) is 17.1 Å². The molecule has 34 heavy (non-hydrogen) atoms. The molecule has 0 amide bonds. The van der Waals surface area contributed by atoms with Gasteiger partial charge in [0, 0.05) is 30.0 Å². The van der Waals surface area contributed by atoms with Gasteiger partial charge in [0.15, 0.2) is 0 Å². The van der Waals surface area contributed by atoms with Gasteiger partial charge in [-0.3, -0.25) is 0 Å². The SMILES string of the molecule is CCC[C@@H]1[C@H](c2ccc(OC)cc2)N[C@H](c2ccc(OC)cc2)C[C@]1(O)C#Cc1ccccc1. The molecule has 0 aromatic heterocycles. The van der Waals surface area contributed by atoms with Crippen molar-refractivity contribution in [2.45, 2.75) is 43.9 Å². The summed E-state index contributed by atoms with van der Waals surface area (Å²) in [5, 5.41) is 16.0. The number of hydrogen-bond donors (Lipinski definition) is 2. The van der Waals surface area contributed by atoms with Gasteiger partial charge in [-0.1, -0.05) is 67.6 Å². The van der Waals surface area contributed by atoms with Gasteiger partial charge in [-0.25, -0.2) is 0 Å². The molecule has 0 radical (unpaired) electrons. The lowest BCUT2D eigenvalue weighted by Crippen LogP contribution is -2.52. The van der Waals surface area contributed by atoms with E-state index < -0.39 is 5.60 Å². The van der Waals surface area contributed by atoms with E-state index in [-0.39, 0.29) is 18.0 Å². The summed E-state index contributed by atoms with van der Waals surface area (Å²) in [6.07, 6.45) is 2.33. The minimum Gasteiger partial charge on any atom is -0.497 e. The van der Waals surface area contributed by atoms with Crippen molar-refractivity contribution >= 4 is 0 Å². The Bertz CT molecular complexity index is 1120. The Balaban J connectivity index is 1.76. The number of benzene rings is 3. The molecule has 1 aliphatic rings. The smallest absolute Gasteiger partial charge is 0.132 e. The van der Waals surface area contributed by atoms with Crippen LogP contribution < -0.4 is 14.8 Å². The van der Waals surface area contributed by atoms with E-state index in [9.17, 15) is 5.11 Å². The molecular weight excluding hydrogens is 422 g/mol. The molecule has 4 nitrogen and oxygen atoms in total. The number of methoxy groups -OCH3 is 2. The monoisotopic (exact) mass is 455 g/mol. The Hall–Kier alpha value is -3.26. The van der Waals surface area contributed by atoms with E-state index in [0.29, 0.717) is 6.42 Å². The van der Waals surface area contributed by atoms with Crippen molar-refractivity contribution in [3.05, 3.63) is 95.6 Å². The van der Waals surface area contributed by atoms with Crippen LogP contribution >= 0.6 is 0 Å². The number of ether oxygens (including phenoxy) is 2. The highest BCUT2D eigenvalue weighted by molar-refractivity contribution is 5.39. The molecule has 0 unspecified atom stereocenters. The van der Waals surface area contributed by atoms with Gasteiger partial charge < -0.3 is 19.9 Å². The summed E-state index contributed by atoms with van der Waals surface area (Å²) in [4.78, 5) is 0. The summed E-state index contributed by atoms with van der Waals surface area (Å²) >= 11 is 0. The molecule has 1 fully saturated rings. The van der Waals surface area contributed by atoms with E-state index >= 15 is 0 Å². The Morgan fingerprint density at radius 1 is 0.882 bits per heavy atom. The van der Waals surface area contributed by atoms with Crippen LogP contribution in [-0.2, 0) is 0 Å². The van der Waals surface area contributed by atoms with Crippen LogP contribution in [-0.4, -0.2) is 24.9 Å². The molecule has 0 spiro atoms. The topological polar surface area (TPSA) is 50.7 Å². The molecule has 1 heterocycles. The van der Waals surface area contributed by atoms with E-state index in [1.807, 2.05) is 54.6 Å². The second kappa shape index (κ2) is 10.8. The summed E-state index contributed by atoms with van der Waals surface area (Å²) < 4.78 is 10.7. The molecule has 2 N–H and O–H groups in total. The second-order valence-electron chi connectivity index (χ2n) is 8.88. The van der Waals surface area contributed by atoms with E-state index in [2.05, 4.69) is 48.3 Å². The first-order valence-electron chi connectivity index (χ1n) is 11.9. The first-order chi connectivity index (χ1) is 16.6. The molecule has 3 aromatic rings. The van der Waals surface area contributed by atoms with Crippen molar-refractivity contribution in [3.63, 3.8) is 0 Å². The summed E-state index contributed by atoms with van der Waals surface area (Å²) in [7, 11) is 3.34. The van der Waals surface area contributed by atoms with Crippen molar-refractivity contribution in [3.8, 4) is 23.3 Å². The lowest BCUT2D eigenvalue weighted by Gasteiger charge is -2.46. The third-order valence-electron chi connectivity index (χ3n) is 6.70. The van der Waals surface area contributed by atoms with E-state index in [4.69, 9.17) is 9.47 Å². The van der Waals surface area contributed by atoms with Crippen LogP contribution in [0.15, 0.2) is 78.9 Å². The Morgan fingerprint density at radius 3 is 2.03 bits per heavy atom. The van der Waals surface area contributed by atoms with Crippen LogP contribution in [0, 0.1) is 17.8 Å².